The number of carboxylic acids is 1. The zero-order chi connectivity index (χ0) is 22.3. The Labute approximate surface area is 173 Å². The van der Waals surface area contributed by atoms with Crippen molar-refractivity contribution in [1.82, 2.24) is 5.32 Å². The highest BCUT2D eigenvalue weighted by Crippen LogP contribution is 2.55. The van der Waals surface area contributed by atoms with Crippen LogP contribution < -0.4 is 5.32 Å². The van der Waals surface area contributed by atoms with Crippen LogP contribution in [-0.2, 0) is 15.0 Å². The molecule has 2 aliphatic rings. The number of carboxylic acid groups (broad SMARTS) is 1. The Morgan fingerprint density at radius 3 is 2.43 bits per heavy atom. The predicted molar refractivity (Wildman–Crippen MR) is 107 cm³/mol. The van der Waals surface area contributed by atoms with Crippen LogP contribution in [0.5, 0.6) is 0 Å². The number of hydrogen-bond acceptors (Lipinski definition) is 3. The molecule has 3 rings (SSSR count). The quantitative estimate of drug-likeness (QED) is 0.742. The normalized spacial score (nSPS) is 27.0. The van der Waals surface area contributed by atoms with Gasteiger partial charge in [0.2, 0.25) is 0 Å². The van der Waals surface area contributed by atoms with Crippen LogP contribution in [0.3, 0.4) is 0 Å². The molecule has 1 aromatic rings. The Morgan fingerprint density at radius 1 is 1.20 bits per heavy atom. The number of nitrogens with zero attached hydrogens (tertiary/aromatic N) is 1. The van der Waals surface area contributed by atoms with E-state index in [1.807, 2.05) is 6.92 Å². The van der Waals surface area contributed by atoms with Crippen molar-refractivity contribution in [3.05, 3.63) is 35.4 Å². The Balaban J connectivity index is 2.15. The number of aliphatic imine (C=N–C) groups is 1. The minimum Gasteiger partial charge on any atom is -0.480 e. The molecule has 3 atom stereocenters. The minimum absolute atomic E-state index is 0.110. The Hall–Kier alpha value is -2.38. The monoisotopic (exact) mass is 424 g/mol. The number of rotatable bonds is 5. The summed E-state index contributed by atoms with van der Waals surface area (Å²) in [6.45, 7) is 5.11. The topological polar surface area (TPSA) is 78.8 Å². The van der Waals surface area contributed by atoms with Crippen molar-refractivity contribution in [2.45, 2.75) is 76.0 Å². The molecule has 0 radical (unpaired) electrons. The summed E-state index contributed by atoms with van der Waals surface area (Å²) in [5, 5.41) is 11.9. The number of aliphatic carboxylic acids is 1. The van der Waals surface area contributed by atoms with E-state index in [1.165, 1.54) is 0 Å². The van der Waals surface area contributed by atoms with E-state index in [2.05, 4.69) is 10.3 Å². The first-order valence-electron chi connectivity index (χ1n) is 10.2. The summed E-state index contributed by atoms with van der Waals surface area (Å²) < 4.78 is 41.0. The third-order valence-electron chi connectivity index (χ3n) is 6.57. The number of benzene rings is 1. The van der Waals surface area contributed by atoms with E-state index in [0.29, 0.717) is 24.0 Å². The molecule has 8 heteroatoms. The highest BCUT2D eigenvalue weighted by Gasteiger charge is 2.58. The van der Waals surface area contributed by atoms with Crippen molar-refractivity contribution >= 4 is 17.6 Å². The molecule has 1 saturated carbocycles. The number of fused-ring (bicyclic) bond motifs is 3. The smallest absolute Gasteiger partial charge is 0.391 e. The Morgan fingerprint density at radius 2 is 1.83 bits per heavy atom. The fraction of sp³-hybridized carbons (Fsp3) is 0.591. The average molecular weight is 424 g/mol. The lowest BCUT2D eigenvalue weighted by molar-refractivity contribution is -0.156. The Bertz CT molecular complexity index is 881. The third kappa shape index (κ3) is 3.84. The molecule has 1 aliphatic carbocycles. The van der Waals surface area contributed by atoms with E-state index in [9.17, 15) is 27.9 Å². The largest absolute Gasteiger partial charge is 0.480 e. The molecule has 1 amide bonds. The number of halogens is 3. The molecule has 5 nitrogen and oxygen atoms in total. The molecule has 0 aromatic heterocycles. The minimum atomic E-state index is -4.45. The van der Waals surface area contributed by atoms with Crippen LogP contribution in [0.25, 0.3) is 0 Å². The average Bonchev–Trinajstić information content (AvgIpc) is 2.64. The zero-order valence-electron chi connectivity index (χ0n) is 17.3. The van der Waals surface area contributed by atoms with Crippen molar-refractivity contribution in [3.63, 3.8) is 0 Å². The highest BCUT2D eigenvalue weighted by molar-refractivity contribution is 6.46. The first kappa shape index (κ1) is 22.3. The van der Waals surface area contributed by atoms with E-state index < -0.39 is 47.4 Å². The second-order valence-electron chi connectivity index (χ2n) is 8.90. The fourth-order valence-corrected chi connectivity index (χ4v) is 4.97. The molecule has 2 N–H and O–H groups in total. The number of hydrogen-bond donors (Lipinski definition) is 2. The lowest BCUT2D eigenvalue weighted by atomic mass is 9.55. The molecule has 1 aromatic carbocycles. The van der Waals surface area contributed by atoms with Gasteiger partial charge in [0.1, 0.15) is 11.8 Å². The van der Waals surface area contributed by atoms with Gasteiger partial charge in [0.15, 0.2) is 0 Å². The lowest BCUT2D eigenvalue weighted by Crippen LogP contribution is -2.58. The van der Waals surface area contributed by atoms with Crippen molar-refractivity contribution in [2.75, 3.05) is 0 Å². The van der Waals surface area contributed by atoms with Gasteiger partial charge in [0, 0.05) is 11.0 Å². The number of nitrogens with one attached hydrogen (secondary N) is 1. The Kier molecular flexibility index (Phi) is 5.73. The number of amides is 1. The maximum atomic E-state index is 13.7. The van der Waals surface area contributed by atoms with E-state index in [1.54, 1.807) is 38.1 Å². The first-order chi connectivity index (χ1) is 13.9. The third-order valence-corrected chi connectivity index (χ3v) is 6.57. The SMILES string of the molecule is CC(C)C(NC(=O)C1=NC2(CC(F)(F)F)CCCCC2(C)c2ccccc21)C(=O)O. The second-order valence-corrected chi connectivity index (χ2v) is 8.90. The summed E-state index contributed by atoms with van der Waals surface area (Å²) >= 11 is 0. The molecule has 0 saturated heterocycles. The summed E-state index contributed by atoms with van der Waals surface area (Å²) in [7, 11) is 0. The molecule has 0 spiro atoms. The van der Waals surface area contributed by atoms with Crippen LogP contribution in [0.15, 0.2) is 29.3 Å². The van der Waals surface area contributed by atoms with Crippen molar-refractivity contribution < 1.29 is 27.9 Å². The zero-order valence-corrected chi connectivity index (χ0v) is 17.3. The van der Waals surface area contributed by atoms with Gasteiger partial charge in [0.05, 0.1) is 12.0 Å². The van der Waals surface area contributed by atoms with Crippen LogP contribution >= 0.6 is 0 Å². The van der Waals surface area contributed by atoms with Gasteiger partial charge < -0.3 is 10.4 Å². The van der Waals surface area contributed by atoms with Gasteiger partial charge in [-0.2, -0.15) is 13.2 Å². The molecule has 1 heterocycles. The molecule has 1 aliphatic heterocycles. The van der Waals surface area contributed by atoms with Crippen LogP contribution in [-0.4, -0.2) is 40.5 Å². The molecule has 3 unspecified atom stereocenters. The van der Waals surface area contributed by atoms with Gasteiger partial charge in [0.25, 0.3) is 5.91 Å². The summed E-state index contributed by atoms with van der Waals surface area (Å²) in [5.74, 6) is -2.34. The molecular weight excluding hydrogens is 397 g/mol. The number of carbonyl (C=O) groups is 2. The van der Waals surface area contributed by atoms with Gasteiger partial charge in [-0.3, -0.25) is 9.79 Å². The lowest BCUT2D eigenvalue weighted by Gasteiger charge is -2.53. The summed E-state index contributed by atoms with van der Waals surface area (Å²) in [5.41, 5.74) is -1.30. The molecule has 0 bridgehead atoms. The van der Waals surface area contributed by atoms with Crippen molar-refractivity contribution in [2.24, 2.45) is 10.9 Å². The van der Waals surface area contributed by atoms with Gasteiger partial charge in [-0.25, -0.2) is 4.79 Å². The van der Waals surface area contributed by atoms with Crippen molar-refractivity contribution in [1.29, 1.82) is 0 Å². The molecule has 30 heavy (non-hydrogen) atoms. The van der Waals surface area contributed by atoms with Gasteiger partial charge >= 0.3 is 12.1 Å². The molecule has 164 valence electrons. The predicted octanol–water partition coefficient (Wildman–Crippen LogP) is 4.24. The van der Waals surface area contributed by atoms with Crippen LogP contribution in [0.2, 0.25) is 0 Å². The van der Waals surface area contributed by atoms with Crippen LogP contribution in [0, 0.1) is 5.92 Å². The maximum Gasteiger partial charge on any atom is 0.391 e. The van der Waals surface area contributed by atoms with E-state index in [4.69, 9.17) is 0 Å². The van der Waals surface area contributed by atoms with E-state index in [0.717, 1.165) is 6.42 Å². The standard InChI is InChI=1S/C22H27F3N2O3/c1-13(2)16(19(29)30)26-18(28)17-14-8-4-5-9-15(14)20(3)10-6-7-11-21(20,27-17)12-22(23,24)25/h4-5,8-9,13,16H,6-7,10-12H2,1-3H3,(H,26,28)(H,29,30). The van der Waals surface area contributed by atoms with Gasteiger partial charge in [-0.05, 0) is 24.3 Å². The highest BCUT2D eigenvalue weighted by atomic mass is 19.4. The van der Waals surface area contributed by atoms with Gasteiger partial charge in [-0.15, -0.1) is 0 Å². The summed E-state index contributed by atoms with van der Waals surface area (Å²) in [6, 6.07) is 5.75. The first-order valence-corrected chi connectivity index (χ1v) is 10.2. The van der Waals surface area contributed by atoms with E-state index in [-0.39, 0.29) is 12.1 Å². The maximum absolute atomic E-state index is 13.7. The molecule has 1 fully saturated rings. The summed E-state index contributed by atoms with van der Waals surface area (Å²) in [4.78, 5) is 29.1. The van der Waals surface area contributed by atoms with Crippen LogP contribution in [0.4, 0.5) is 13.2 Å². The number of alkyl halides is 3. The van der Waals surface area contributed by atoms with E-state index >= 15 is 0 Å². The summed E-state index contributed by atoms with van der Waals surface area (Å²) in [6.07, 6.45) is -3.42. The van der Waals surface area contributed by atoms with Crippen molar-refractivity contribution in [3.8, 4) is 0 Å². The van der Waals surface area contributed by atoms with Crippen LogP contribution in [0.1, 0.15) is 64.0 Å². The second kappa shape index (κ2) is 7.71. The number of carbonyl (C=O) groups excluding carboxylic acids is 1. The van der Waals surface area contributed by atoms with Gasteiger partial charge in [-0.1, -0.05) is 57.9 Å². The fourth-order valence-electron chi connectivity index (χ4n) is 4.97. The molecular formula is C22H27F3N2O3.